The minimum Gasteiger partial charge on any atom is -0.493 e. The summed E-state index contributed by atoms with van der Waals surface area (Å²) in [5.74, 6) is 1.91. The van der Waals surface area contributed by atoms with E-state index in [4.69, 9.17) is 9.47 Å². The van der Waals surface area contributed by atoms with Crippen molar-refractivity contribution in [3.63, 3.8) is 0 Å². The Morgan fingerprint density at radius 1 is 1.25 bits per heavy atom. The standard InChI is InChI=1S/C16H20N2O5S/c19-16(18-11-3-6-24(20,21)9-11)17-8-13-12-2-5-22-14(12)7-10-1-4-23-15(10)13/h7,11H,1-6,8-9H2,(H2,17,18,19). The van der Waals surface area contributed by atoms with E-state index in [0.717, 1.165) is 41.0 Å². The molecule has 7 nitrogen and oxygen atoms in total. The van der Waals surface area contributed by atoms with E-state index in [1.807, 2.05) is 6.07 Å². The molecule has 3 heterocycles. The van der Waals surface area contributed by atoms with Crippen LogP contribution in [0.1, 0.15) is 23.1 Å². The molecule has 1 fully saturated rings. The van der Waals surface area contributed by atoms with Crippen LogP contribution in [0.5, 0.6) is 11.5 Å². The number of benzene rings is 1. The largest absolute Gasteiger partial charge is 0.493 e. The summed E-state index contributed by atoms with van der Waals surface area (Å²) in [5.41, 5.74) is 3.20. The third-order valence-electron chi connectivity index (χ3n) is 4.75. The molecule has 4 rings (SSSR count). The number of urea groups is 1. The van der Waals surface area contributed by atoms with E-state index in [9.17, 15) is 13.2 Å². The lowest BCUT2D eigenvalue weighted by molar-refractivity contribution is 0.237. The van der Waals surface area contributed by atoms with E-state index in [0.29, 0.717) is 26.2 Å². The van der Waals surface area contributed by atoms with Crippen LogP contribution in [0, 0.1) is 0 Å². The van der Waals surface area contributed by atoms with Crippen LogP contribution in [0.25, 0.3) is 0 Å². The molecule has 0 bridgehead atoms. The molecule has 3 aliphatic heterocycles. The molecule has 1 aromatic rings. The SMILES string of the molecule is O=C(NCc1c2c(cc3c1OCC3)OCC2)NC1CCS(=O)(=O)C1. The van der Waals surface area contributed by atoms with E-state index in [1.165, 1.54) is 0 Å². The van der Waals surface area contributed by atoms with Crippen LogP contribution in [0.2, 0.25) is 0 Å². The Morgan fingerprint density at radius 2 is 2.08 bits per heavy atom. The Bertz CT molecular complexity index is 758. The van der Waals surface area contributed by atoms with Crippen molar-refractivity contribution in [3.05, 3.63) is 22.8 Å². The van der Waals surface area contributed by atoms with Gasteiger partial charge in [-0.25, -0.2) is 13.2 Å². The molecular formula is C16H20N2O5S. The van der Waals surface area contributed by atoms with E-state index in [-0.39, 0.29) is 23.6 Å². The Balaban J connectivity index is 1.44. The zero-order valence-electron chi connectivity index (χ0n) is 13.3. The summed E-state index contributed by atoms with van der Waals surface area (Å²) >= 11 is 0. The molecule has 0 saturated carbocycles. The van der Waals surface area contributed by atoms with Crippen molar-refractivity contribution in [2.75, 3.05) is 24.7 Å². The van der Waals surface area contributed by atoms with Crippen LogP contribution in [-0.2, 0) is 29.2 Å². The van der Waals surface area contributed by atoms with Gasteiger partial charge in [0, 0.05) is 42.1 Å². The summed E-state index contributed by atoms with van der Waals surface area (Å²) in [6, 6.07) is 1.39. The first-order chi connectivity index (χ1) is 11.5. The fourth-order valence-electron chi connectivity index (χ4n) is 3.59. The van der Waals surface area contributed by atoms with E-state index in [2.05, 4.69) is 10.6 Å². The van der Waals surface area contributed by atoms with Gasteiger partial charge in [-0.2, -0.15) is 0 Å². The van der Waals surface area contributed by atoms with Gasteiger partial charge in [-0.15, -0.1) is 0 Å². The predicted molar refractivity (Wildman–Crippen MR) is 87.3 cm³/mol. The number of nitrogens with one attached hydrogen (secondary N) is 2. The molecule has 0 radical (unpaired) electrons. The number of carbonyl (C=O) groups is 1. The van der Waals surface area contributed by atoms with Gasteiger partial charge in [0.15, 0.2) is 9.84 Å². The second-order valence-electron chi connectivity index (χ2n) is 6.44. The summed E-state index contributed by atoms with van der Waals surface area (Å²) in [6.07, 6.45) is 2.14. The molecule has 1 aromatic carbocycles. The van der Waals surface area contributed by atoms with Gasteiger partial charge in [-0.05, 0) is 12.5 Å². The van der Waals surface area contributed by atoms with Gasteiger partial charge in [0.05, 0.1) is 24.7 Å². The lowest BCUT2D eigenvalue weighted by Crippen LogP contribution is -2.42. The van der Waals surface area contributed by atoms with Crippen LogP contribution in [0.3, 0.4) is 0 Å². The van der Waals surface area contributed by atoms with E-state index in [1.54, 1.807) is 0 Å². The molecule has 1 saturated heterocycles. The summed E-state index contributed by atoms with van der Waals surface area (Å²) < 4.78 is 34.3. The summed E-state index contributed by atoms with van der Waals surface area (Å²) in [4.78, 5) is 12.1. The predicted octanol–water partition coefficient (Wildman–Crippen LogP) is 0.543. The Morgan fingerprint density at radius 3 is 2.88 bits per heavy atom. The highest BCUT2D eigenvalue weighted by molar-refractivity contribution is 7.91. The third kappa shape index (κ3) is 2.90. The molecule has 1 unspecified atom stereocenters. The zero-order chi connectivity index (χ0) is 16.7. The number of rotatable bonds is 3. The minimum absolute atomic E-state index is 0.0213. The van der Waals surface area contributed by atoms with Crippen LogP contribution in [0.15, 0.2) is 6.07 Å². The molecule has 130 valence electrons. The number of amides is 2. The first-order valence-electron chi connectivity index (χ1n) is 8.20. The van der Waals surface area contributed by atoms with Crippen molar-refractivity contribution in [3.8, 4) is 11.5 Å². The number of hydrogen-bond donors (Lipinski definition) is 2. The van der Waals surface area contributed by atoms with Crippen molar-refractivity contribution >= 4 is 15.9 Å². The van der Waals surface area contributed by atoms with Gasteiger partial charge in [0.25, 0.3) is 0 Å². The van der Waals surface area contributed by atoms with Crippen LogP contribution < -0.4 is 20.1 Å². The number of carbonyl (C=O) groups excluding carboxylic acids is 1. The molecular weight excluding hydrogens is 332 g/mol. The first-order valence-corrected chi connectivity index (χ1v) is 10.0. The van der Waals surface area contributed by atoms with Gasteiger partial charge < -0.3 is 20.1 Å². The molecule has 2 amide bonds. The third-order valence-corrected chi connectivity index (χ3v) is 6.52. The van der Waals surface area contributed by atoms with Crippen molar-refractivity contribution in [2.24, 2.45) is 0 Å². The number of ether oxygens (including phenoxy) is 2. The quantitative estimate of drug-likeness (QED) is 0.828. The lowest BCUT2D eigenvalue weighted by atomic mass is 9.99. The van der Waals surface area contributed by atoms with E-state index < -0.39 is 9.84 Å². The second kappa shape index (κ2) is 5.84. The van der Waals surface area contributed by atoms with Crippen molar-refractivity contribution in [1.29, 1.82) is 0 Å². The molecule has 1 atom stereocenters. The lowest BCUT2D eigenvalue weighted by Gasteiger charge is -2.15. The Hall–Kier alpha value is -1.96. The normalized spacial score (nSPS) is 23.1. The fraction of sp³-hybridized carbons (Fsp3) is 0.562. The van der Waals surface area contributed by atoms with Crippen LogP contribution >= 0.6 is 0 Å². The topological polar surface area (TPSA) is 93.7 Å². The monoisotopic (exact) mass is 352 g/mol. The molecule has 3 aliphatic rings. The number of fused-ring (bicyclic) bond motifs is 2. The molecule has 0 aromatic heterocycles. The highest BCUT2D eigenvalue weighted by atomic mass is 32.2. The maximum atomic E-state index is 12.1. The van der Waals surface area contributed by atoms with Crippen molar-refractivity contribution < 1.29 is 22.7 Å². The summed E-state index contributed by atoms with van der Waals surface area (Å²) in [5, 5.41) is 5.57. The van der Waals surface area contributed by atoms with Crippen LogP contribution in [0.4, 0.5) is 4.79 Å². The molecule has 24 heavy (non-hydrogen) atoms. The molecule has 0 spiro atoms. The number of sulfone groups is 1. The summed E-state index contributed by atoms with van der Waals surface area (Å²) in [6.45, 7) is 1.65. The van der Waals surface area contributed by atoms with Gasteiger partial charge in [-0.3, -0.25) is 0 Å². The molecule has 2 N–H and O–H groups in total. The molecule has 0 aliphatic carbocycles. The average molecular weight is 352 g/mol. The summed E-state index contributed by atoms with van der Waals surface area (Å²) in [7, 11) is -3.00. The second-order valence-corrected chi connectivity index (χ2v) is 8.67. The molecule has 8 heteroatoms. The highest BCUT2D eigenvalue weighted by Gasteiger charge is 2.30. The van der Waals surface area contributed by atoms with Crippen molar-refractivity contribution in [1.82, 2.24) is 10.6 Å². The average Bonchev–Trinajstić information content (AvgIpc) is 3.23. The highest BCUT2D eigenvalue weighted by Crippen LogP contribution is 2.40. The maximum Gasteiger partial charge on any atom is 0.315 e. The van der Waals surface area contributed by atoms with Crippen molar-refractivity contribution in [2.45, 2.75) is 31.8 Å². The van der Waals surface area contributed by atoms with Gasteiger partial charge in [0.2, 0.25) is 0 Å². The Labute approximate surface area is 140 Å². The Kier molecular flexibility index (Phi) is 3.79. The maximum absolute atomic E-state index is 12.1. The fourth-order valence-corrected chi connectivity index (χ4v) is 5.26. The first kappa shape index (κ1) is 15.6. The number of hydrogen-bond acceptors (Lipinski definition) is 5. The van der Waals surface area contributed by atoms with Crippen LogP contribution in [-0.4, -0.2) is 45.2 Å². The van der Waals surface area contributed by atoms with Gasteiger partial charge in [-0.1, -0.05) is 0 Å². The smallest absolute Gasteiger partial charge is 0.315 e. The van der Waals surface area contributed by atoms with E-state index >= 15 is 0 Å². The van der Waals surface area contributed by atoms with Gasteiger partial charge >= 0.3 is 6.03 Å². The zero-order valence-corrected chi connectivity index (χ0v) is 14.1. The van der Waals surface area contributed by atoms with Gasteiger partial charge in [0.1, 0.15) is 11.5 Å². The minimum atomic E-state index is -3.00.